The van der Waals surface area contributed by atoms with Gasteiger partial charge in [-0.05, 0) is 31.0 Å². The average molecular weight is 236 g/mol. The molecule has 1 aliphatic rings. The summed E-state index contributed by atoms with van der Waals surface area (Å²) >= 11 is 0. The van der Waals surface area contributed by atoms with Crippen molar-refractivity contribution >= 4 is 5.91 Å². The summed E-state index contributed by atoms with van der Waals surface area (Å²) in [5, 5.41) is 0. The van der Waals surface area contributed by atoms with Crippen LogP contribution in [-0.4, -0.2) is 29.9 Å². The third kappa shape index (κ3) is 2.47. The summed E-state index contributed by atoms with van der Waals surface area (Å²) in [4.78, 5) is 13.4. The van der Waals surface area contributed by atoms with Gasteiger partial charge >= 0.3 is 0 Å². The quantitative estimate of drug-likeness (QED) is 0.845. The average Bonchev–Trinajstić information content (AvgIpc) is 2.71. The molecule has 1 aromatic carbocycles. The molecule has 17 heavy (non-hydrogen) atoms. The van der Waals surface area contributed by atoms with Crippen LogP contribution in [0.1, 0.15) is 24.8 Å². The lowest BCUT2D eigenvalue weighted by Crippen LogP contribution is -2.38. The molecule has 4 heteroatoms. The Kier molecular flexibility index (Phi) is 3.43. The summed E-state index contributed by atoms with van der Waals surface area (Å²) in [7, 11) is 0. The highest BCUT2D eigenvalue weighted by molar-refractivity contribution is 5.78. The molecule has 0 aromatic heterocycles. The number of hydrogen-bond acceptors (Lipinski definition) is 2. The summed E-state index contributed by atoms with van der Waals surface area (Å²) in [5.74, 6) is 0.0536. The molecule has 1 amide bonds. The first kappa shape index (κ1) is 12.0. The first-order valence-corrected chi connectivity index (χ1v) is 5.87. The van der Waals surface area contributed by atoms with Crippen LogP contribution in [0, 0.1) is 5.82 Å². The van der Waals surface area contributed by atoms with Gasteiger partial charge in [-0.25, -0.2) is 4.39 Å². The molecule has 0 bridgehead atoms. The van der Waals surface area contributed by atoms with Gasteiger partial charge in [-0.1, -0.05) is 12.1 Å². The van der Waals surface area contributed by atoms with Crippen molar-refractivity contribution < 1.29 is 9.18 Å². The number of nitrogens with two attached hydrogens (primary N) is 1. The largest absolute Gasteiger partial charge is 0.338 e. The highest BCUT2D eigenvalue weighted by Gasteiger charge is 2.32. The molecule has 0 aliphatic carbocycles. The molecule has 0 spiro atoms. The van der Waals surface area contributed by atoms with Gasteiger partial charge in [0, 0.05) is 18.5 Å². The zero-order chi connectivity index (χ0) is 12.4. The standard InChI is InChI=1S/C13H17FN2O/c1-9-6-11(8-16(9)13(17)7-15)10-2-4-12(14)5-3-10/h2-5,9,11H,6-8,15H2,1H3/t9-,11+/m0/s1. The van der Waals surface area contributed by atoms with Gasteiger partial charge in [-0.3, -0.25) is 4.79 Å². The summed E-state index contributed by atoms with van der Waals surface area (Å²) in [6, 6.07) is 6.73. The van der Waals surface area contributed by atoms with Crippen molar-refractivity contribution in [1.82, 2.24) is 4.90 Å². The lowest BCUT2D eigenvalue weighted by Gasteiger charge is -2.20. The van der Waals surface area contributed by atoms with Crippen molar-refractivity contribution in [2.45, 2.75) is 25.3 Å². The van der Waals surface area contributed by atoms with E-state index in [0.717, 1.165) is 12.0 Å². The fraction of sp³-hybridized carbons (Fsp3) is 0.462. The predicted molar refractivity (Wildman–Crippen MR) is 64.0 cm³/mol. The van der Waals surface area contributed by atoms with Crippen LogP contribution >= 0.6 is 0 Å². The molecule has 0 saturated carbocycles. The van der Waals surface area contributed by atoms with Crippen LogP contribution in [0.15, 0.2) is 24.3 Å². The number of amides is 1. The van der Waals surface area contributed by atoms with Gasteiger partial charge in [-0.15, -0.1) is 0 Å². The normalized spacial score (nSPS) is 24.1. The van der Waals surface area contributed by atoms with Gasteiger partial charge in [-0.2, -0.15) is 0 Å². The number of halogens is 1. The van der Waals surface area contributed by atoms with E-state index in [-0.39, 0.29) is 24.3 Å². The Bertz CT molecular complexity index is 404. The van der Waals surface area contributed by atoms with E-state index in [1.54, 1.807) is 12.1 Å². The fourth-order valence-electron chi connectivity index (χ4n) is 2.47. The Hall–Kier alpha value is -1.42. The van der Waals surface area contributed by atoms with Crippen LogP contribution in [0.2, 0.25) is 0 Å². The maximum absolute atomic E-state index is 12.8. The van der Waals surface area contributed by atoms with E-state index in [1.165, 1.54) is 12.1 Å². The molecule has 2 rings (SSSR count). The maximum Gasteiger partial charge on any atom is 0.236 e. The van der Waals surface area contributed by atoms with Crippen molar-refractivity contribution in [3.63, 3.8) is 0 Å². The van der Waals surface area contributed by atoms with Gasteiger partial charge < -0.3 is 10.6 Å². The van der Waals surface area contributed by atoms with Gasteiger partial charge in [0.25, 0.3) is 0 Å². The third-order valence-corrected chi connectivity index (χ3v) is 3.41. The first-order valence-electron chi connectivity index (χ1n) is 5.87. The van der Waals surface area contributed by atoms with Gasteiger partial charge in [0.05, 0.1) is 6.54 Å². The predicted octanol–water partition coefficient (Wildman–Crippen LogP) is 1.49. The summed E-state index contributed by atoms with van der Waals surface area (Å²) in [6.07, 6.45) is 0.914. The number of carbonyl (C=O) groups is 1. The Morgan fingerprint density at radius 3 is 2.71 bits per heavy atom. The molecule has 1 saturated heterocycles. The molecule has 3 nitrogen and oxygen atoms in total. The zero-order valence-electron chi connectivity index (χ0n) is 9.90. The summed E-state index contributed by atoms with van der Waals surface area (Å²) in [5.41, 5.74) is 6.47. The van der Waals surface area contributed by atoms with Crippen LogP contribution in [-0.2, 0) is 4.79 Å². The van der Waals surface area contributed by atoms with Crippen molar-refractivity contribution in [2.75, 3.05) is 13.1 Å². The lowest BCUT2D eigenvalue weighted by atomic mass is 9.97. The van der Waals surface area contributed by atoms with Crippen LogP contribution in [0.4, 0.5) is 4.39 Å². The molecule has 2 N–H and O–H groups in total. The van der Waals surface area contributed by atoms with E-state index in [0.29, 0.717) is 12.5 Å². The molecule has 1 heterocycles. The minimum Gasteiger partial charge on any atom is -0.338 e. The van der Waals surface area contributed by atoms with E-state index in [9.17, 15) is 9.18 Å². The van der Waals surface area contributed by atoms with E-state index in [4.69, 9.17) is 5.73 Å². The van der Waals surface area contributed by atoms with E-state index >= 15 is 0 Å². The smallest absolute Gasteiger partial charge is 0.236 e. The Labute approximate surface area is 100 Å². The second-order valence-electron chi connectivity index (χ2n) is 4.58. The van der Waals surface area contributed by atoms with Crippen LogP contribution in [0.3, 0.4) is 0 Å². The topological polar surface area (TPSA) is 46.3 Å². The monoisotopic (exact) mass is 236 g/mol. The van der Waals surface area contributed by atoms with Crippen LogP contribution in [0.25, 0.3) is 0 Å². The van der Waals surface area contributed by atoms with E-state index < -0.39 is 0 Å². The molecule has 92 valence electrons. The third-order valence-electron chi connectivity index (χ3n) is 3.41. The molecule has 1 aromatic rings. The van der Waals surface area contributed by atoms with Crippen molar-refractivity contribution in [2.24, 2.45) is 5.73 Å². The van der Waals surface area contributed by atoms with E-state index in [2.05, 4.69) is 0 Å². The summed E-state index contributed by atoms with van der Waals surface area (Å²) < 4.78 is 12.8. The number of carbonyl (C=O) groups excluding carboxylic acids is 1. The second kappa shape index (κ2) is 4.84. The number of hydrogen-bond donors (Lipinski definition) is 1. The molecular weight excluding hydrogens is 219 g/mol. The molecule has 0 unspecified atom stereocenters. The second-order valence-corrected chi connectivity index (χ2v) is 4.58. The number of benzene rings is 1. The van der Waals surface area contributed by atoms with Crippen molar-refractivity contribution in [1.29, 1.82) is 0 Å². The van der Waals surface area contributed by atoms with Crippen molar-refractivity contribution in [3.05, 3.63) is 35.6 Å². The molecule has 1 aliphatic heterocycles. The number of nitrogens with zero attached hydrogens (tertiary/aromatic N) is 1. The lowest BCUT2D eigenvalue weighted by molar-refractivity contribution is -0.130. The molecule has 0 radical (unpaired) electrons. The molecular formula is C13H17FN2O. The maximum atomic E-state index is 12.8. The molecule has 2 atom stereocenters. The highest BCUT2D eigenvalue weighted by Crippen LogP contribution is 2.31. The Balaban J connectivity index is 2.10. The molecule has 1 fully saturated rings. The van der Waals surface area contributed by atoms with Crippen LogP contribution in [0.5, 0.6) is 0 Å². The van der Waals surface area contributed by atoms with Gasteiger partial charge in [0.1, 0.15) is 5.82 Å². The SMILES string of the molecule is C[C@H]1C[C@@H](c2ccc(F)cc2)CN1C(=O)CN. The van der Waals surface area contributed by atoms with Crippen molar-refractivity contribution in [3.8, 4) is 0 Å². The van der Waals surface area contributed by atoms with Crippen LogP contribution < -0.4 is 5.73 Å². The zero-order valence-corrected chi connectivity index (χ0v) is 9.90. The van der Waals surface area contributed by atoms with Gasteiger partial charge in [0.2, 0.25) is 5.91 Å². The number of rotatable bonds is 2. The number of likely N-dealkylation sites (tertiary alicyclic amines) is 1. The Morgan fingerprint density at radius 2 is 2.12 bits per heavy atom. The minimum absolute atomic E-state index is 0.0119. The van der Waals surface area contributed by atoms with Gasteiger partial charge in [0.15, 0.2) is 0 Å². The minimum atomic E-state index is -0.227. The van der Waals surface area contributed by atoms with E-state index in [1.807, 2.05) is 11.8 Å². The highest BCUT2D eigenvalue weighted by atomic mass is 19.1. The first-order chi connectivity index (χ1) is 8.11. The fourth-order valence-corrected chi connectivity index (χ4v) is 2.47. The summed E-state index contributed by atoms with van der Waals surface area (Å²) in [6.45, 7) is 2.76. The Morgan fingerprint density at radius 1 is 1.47 bits per heavy atom.